The summed E-state index contributed by atoms with van der Waals surface area (Å²) in [5, 5.41) is 9.45. The molecule has 1 aliphatic carbocycles. The topological polar surface area (TPSA) is 84.9 Å². The number of allylic oxidation sites excluding steroid dienone is 4. The molecule has 2 aromatic rings. The number of hydrogen-bond donors (Lipinski definition) is 2. The van der Waals surface area contributed by atoms with Gasteiger partial charge in [0.05, 0.1) is 0 Å². The zero-order valence-corrected chi connectivity index (χ0v) is 17.8. The first kappa shape index (κ1) is 21.3. The number of carbonyl (C=O) groups excluding carboxylic acids is 1. The van der Waals surface area contributed by atoms with Crippen molar-refractivity contribution >= 4 is 31.2 Å². The van der Waals surface area contributed by atoms with E-state index in [0.717, 1.165) is 22.3 Å². The summed E-state index contributed by atoms with van der Waals surface area (Å²) in [7, 11) is 0. The minimum atomic E-state index is -5.01. The predicted octanol–water partition coefficient (Wildman–Crippen LogP) is 4.38. The number of halogens is 1. The van der Waals surface area contributed by atoms with Crippen molar-refractivity contribution in [1.29, 1.82) is 0 Å². The van der Waals surface area contributed by atoms with Crippen LogP contribution in [0.5, 0.6) is 0 Å². The predicted molar refractivity (Wildman–Crippen MR) is 107 cm³/mol. The molecule has 0 radical (unpaired) electrons. The maximum atomic E-state index is 13.4. The van der Waals surface area contributed by atoms with Gasteiger partial charge in [0.1, 0.15) is 0 Å². The van der Waals surface area contributed by atoms with Crippen LogP contribution in [0.15, 0.2) is 66.7 Å². The zero-order chi connectivity index (χ0) is 21.1. The van der Waals surface area contributed by atoms with Gasteiger partial charge in [-0.25, -0.2) is 0 Å². The van der Waals surface area contributed by atoms with Crippen LogP contribution in [-0.4, -0.2) is 25.3 Å². The van der Waals surface area contributed by atoms with Crippen molar-refractivity contribution in [3.05, 3.63) is 83.7 Å². The van der Waals surface area contributed by atoms with E-state index in [4.69, 9.17) is 3.83 Å². The molecule has 0 saturated carbocycles. The molecular weight excluding hydrogens is 440 g/mol. The van der Waals surface area contributed by atoms with E-state index in [1.165, 1.54) is 19.1 Å². The molecule has 2 N–H and O–H groups in total. The Labute approximate surface area is 170 Å². The first-order valence-corrected chi connectivity index (χ1v) is 12.1. The quantitative estimate of drug-likeness (QED) is 0.379. The fraction of sp³-hybridized carbons (Fsp3) is 0.190. The van der Waals surface area contributed by atoms with Gasteiger partial charge in [0.25, 0.3) is 0 Å². The third kappa shape index (κ3) is 4.60. The number of hydroxylamine groups is 1. The number of hydrogen-bond acceptors (Lipinski definition) is 5. The van der Waals surface area contributed by atoms with Crippen molar-refractivity contribution in [2.24, 2.45) is 0 Å². The Morgan fingerprint density at radius 1 is 1.14 bits per heavy atom. The SMILES string of the molecule is CC(=O)NO[As](=O)(OO)C1(C)C=C(c2ccccc2)C=C(c2ccc(F)cc2)C1. The average molecular weight is 461 g/mol. The van der Waals surface area contributed by atoms with Crippen LogP contribution in [-0.2, 0) is 16.2 Å². The first-order valence-electron chi connectivity index (χ1n) is 8.89. The molecule has 6 nitrogen and oxygen atoms in total. The molecule has 1 amide bonds. The fourth-order valence-corrected chi connectivity index (χ4v) is 6.02. The monoisotopic (exact) mass is 461 g/mol. The second-order valence-electron chi connectivity index (χ2n) is 7.00. The van der Waals surface area contributed by atoms with Gasteiger partial charge in [-0.3, -0.25) is 0 Å². The van der Waals surface area contributed by atoms with Gasteiger partial charge in [-0.05, 0) is 0 Å². The Bertz CT molecular complexity index is 1000. The van der Waals surface area contributed by atoms with Gasteiger partial charge in [-0.2, -0.15) is 0 Å². The van der Waals surface area contributed by atoms with Crippen molar-refractivity contribution in [2.75, 3.05) is 0 Å². The van der Waals surface area contributed by atoms with Crippen molar-refractivity contribution < 1.29 is 25.9 Å². The molecule has 0 aliphatic heterocycles. The van der Waals surface area contributed by atoms with E-state index < -0.39 is 24.3 Å². The molecular formula is C21H21AsFNO5. The number of amides is 1. The van der Waals surface area contributed by atoms with Gasteiger partial charge < -0.3 is 0 Å². The number of rotatable bonds is 6. The van der Waals surface area contributed by atoms with Crippen LogP contribution in [0.1, 0.15) is 31.4 Å². The molecule has 1 aliphatic rings. The molecule has 3 rings (SSSR count). The van der Waals surface area contributed by atoms with Crippen LogP contribution in [0, 0.1) is 5.82 Å². The summed E-state index contributed by atoms with van der Waals surface area (Å²) in [5.41, 5.74) is 5.11. The van der Waals surface area contributed by atoms with Crippen LogP contribution in [0.4, 0.5) is 4.39 Å². The van der Waals surface area contributed by atoms with E-state index in [9.17, 15) is 18.2 Å². The van der Waals surface area contributed by atoms with Gasteiger partial charge in [0, 0.05) is 0 Å². The molecule has 2 aromatic carbocycles. The minimum absolute atomic E-state index is 0.186. The normalized spacial score (nSPS) is 21.0. The maximum absolute atomic E-state index is 13.4. The third-order valence-electron chi connectivity index (χ3n) is 4.71. The molecule has 2 unspecified atom stereocenters. The van der Waals surface area contributed by atoms with E-state index in [0.29, 0.717) is 0 Å². The summed E-state index contributed by atoms with van der Waals surface area (Å²) < 4.78 is 35.0. The number of benzene rings is 2. The molecule has 29 heavy (non-hydrogen) atoms. The molecule has 0 heterocycles. The van der Waals surface area contributed by atoms with Crippen LogP contribution in [0.2, 0.25) is 4.20 Å². The van der Waals surface area contributed by atoms with Crippen LogP contribution < -0.4 is 5.48 Å². The van der Waals surface area contributed by atoms with E-state index in [-0.39, 0.29) is 12.2 Å². The van der Waals surface area contributed by atoms with Crippen LogP contribution in [0.25, 0.3) is 11.1 Å². The Kier molecular flexibility index (Phi) is 6.24. The van der Waals surface area contributed by atoms with E-state index in [1.54, 1.807) is 25.1 Å². The van der Waals surface area contributed by atoms with Crippen molar-refractivity contribution in [3.8, 4) is 0 Å². The van der Waals surface area contributed by atoms with E-state index >= 15 is 0 Å². The number of carbonyl (C=O) groups is 1. The Hall–Kier alpha value is -2.44. The van der Waals surface area contributed by atoms with Crippen LogP contribution in [0.3, 0.4) is 0 Å². The molecule has 0 fully saturated rings. The summed E-state index contributed by atoms with van der Waals surface area (Å²) in [6, 6.07) is 15.3. The first-order chi connectivity index (χ1) is 13.8. The van der Waals surface area contributed by atoms with Crippen molar-refractivity contribution in [2.45, 2.75) is 24.5 Å². The molecule has 0 bridgehead atoms. The Morgan fingerprint density at radius 2 is 1.79 bits per heavy atom. The van der Waals surface area contributed by atoms with Crippen molar-refractivity contribution in [1.82, 2.24) is 5.48 Å². The Balaban J connectivity index is 2.10. The standard InChI is InChI=1S/C21H21AsFNO5/c1-15(25)24-28-22(26,29-27)21(2)13-18(16-6-4-3-5-7-16)12-19(14-21)17-8-10-20(23)11-9-17/h3-13,27H,14H2,1-2H3,(H,24,25). The summed E-state index contributed by atoms with van der Waals surface area (Å²) in [5.74, 6) is -0.946. The summed E-state index contributed by atoms with van der Waals surface area (Å²) in [6.07, 6.45) is 3.82. The van der Waals surface area contributed by atoms with Gasteiger partial charge in [-0.1, -0.05) is 0 Å². The number of nitrogens with one attached hydrogen (secondary N) is 1. The molecule has 152 valence electrons. The summed E-state index contributed by atoms with van der Waals surface area (Å²) in [4.78, 5) is 11.3. The third-order valence-corrected chi connectivity index (χ3v) is 9.08. The van der Waals surface area contributed by atoms with E-state index in [2.05, 4.69) is 3.88 Å². The summed E-state index contributed by atoms with van der Waals surface area (Å²) >= 11 is -5.01. The van der Waals surface area contributed by atoms with E-state index in [1.807, 2.05) is 41.9 Å². The summed E-state index contributed by atoms with van der Waals surface area (Å²) in [6.45, 7) is 2.82. The molecule has 2 atom stereocenters. The average Bonchev–Trinajstić information content (AvgIpc) is 2.72. The van der Waals surface area contributed by atoms with Gasteiger partial charge in [0.2, 0.25) is 0 Å². The van der Waals surface area contributed by atoms with Gasteiger partial charge in [0.15, 0.2) is 0 Å². The molecule has 8 heteroatoms. The van der Waals surface area contributed by atoms with Crippen molar-refractivity contribution in [3.63, 3.8) is 0 Å². The molecule has 0 aromatic heterocycles. The zero-order valence-electron chi connectivity index (χ0n) is 16.0. The molecule has 0 spiro atoms. The van der Waals surface area contributed by atoms with Gasteiger partial charge in [-0.15, -0.1) is 0 Å². The fourth-order valence-electron chi connectivity index (χ4n) is 3.21. The molecule has 0 saturated heterocycles. The second-order valence-corrected chi connectivity index (χ2v) is 12.0. The second kappa shape index (κ2) is 8.51. The Morgan fingerprint density at radius 3 is 2.38 bits per heavy atom. The van der Waals surface area contributed by atoms with Gasteiger partial charge >= 0.3 is 171 Å². The van der Waals surface area contributed by atoms with Crippen LogP contribution >= 0.6 is 0 Å².